The summed E-state index contributed by atoms with van der Waals surface area (Å²) in [6.45, 7) is 3.55. The number of ether oxygens (including phenoxy) is 1. The summed E-state index contributed by atoms with van der Waals surface area (Å²) in [7, 11) is 0. The van der Waals surface area contributed by atoms with E-state index in [1.165, 1.54) is 0 Å². The van der Waals surface area contributed by atoms with Crippen molar-refractivity contribution in [2.24, 2.45) is 0 Å². The number of likely N-dealkylation sites (tertiary alicyclic amines) is 1. The summed E-state index contributed by atoms with van der Waals surface area (Å²) < 4.78 is 12.0. The van der Waals surface area contributed by atoms with Crippen molar-refractivity contribution in [1.82, 2.24) is 4.90 Å². The van der Waals surface area contributed by atoms with Crippen LogP contribution >= 0.6 is 0 Å². The zero-order chi connectivity index (χ0) is 20.7. The monoisotopic (exact) mass is 404 g/mol. The smallest absolute Gasteiger partial charge is 0.294 e. The molecule has 2 aromatic carbocycles. The number of aryl methyl sites for hydroxylation is 1. The average molecular weight is 404 g/mol. The van der Waals surface area contributed by atoms with Gasteiger partial charge in [-0.3, -0.25) is 14.5 Å². The fraction of sp³-hybridized carbons (Fsp3) is 0.333. The first-order valence-electron chi connectivity index (χ1n) is 10.5. The van der Waals surface area contributed by atoms with Crippen LogP contribution in [0, 0.1) is 6.92 Å². The number of carbonyl (C=O) groups excluding carboxylic acids is 2. The highest BCUT2D eigenvalue weighted by molar-refractivity contribution is 6.09. The number of hydrogen-bond acceptors (Lipinski definition) is 4. The van der Waals surface area contributed by atoms with E-state index in [9.17, 15) is 9.59 Å². The van der Waals surface area contributed by atoms with E-state index in [1.807, 2.05) is 54.3 Å². The molecule has 1 atom stereocenters. The fourth-order valence-corrected chi connectivity index (χ4v) is 4.37. The molecule has 0 unspecified atom stereocenters. The molecule has 0 spiro atoms. The number of piperidine rings is 1. The summed E-state index contributed by atoms with van der Waals surface area (Å²) in [4.78, 5) is 30.1. The van der Waals surface area contributed by atoms with Gasteiger partial charge in [0.2, 0.25) is 0 Å². The van der Waals surface area contributed by atoms with Gasteiger partial charge in [-0.2, -0.15) is 0 Å². The van der Waals surface area contributed by atoms with Crippen LogP contribution < -0.4 is 9.64 Å². The normalized spacial score (nSPS) is 18.8. The third kappa shape index (κ3) is 3.12. The van der Waals surface area contributed by atoms with Crippen molar-refractivity contribution < 1.29 is 18.7 Å². The standard InChI is InChI=1S/C24H24N2O4/c1-16-17-9-3-5-11-19(17)30-22(16)24(28)26-15-21(23(27)25-13-7-2-8-14-25)29-20-12-6-4-10-18(20)26/h3-6,9-12,21H,2,7-8,13-15H2,1H3/t21-/m1/s1. The number of nitrogens with zero attached hydrogens (tertiary/aromatic N) is 2. The highest BCUT2D eigenvalue weighted by Gasteiger charge is 2.38. The minimum Gasteiger partial charge on any atom is -0.476 e. The average Bonchev–Trinajstić information content (AvgIpc) is 3.14. The molecule has 0 bridgehead atoms. The second kappa shape index (κ2) is 7.52. The topological polar surface area (TPSA) is 63.0 Å². The molecule has 1 fully saturated rings. The Balaban J connectivity index is 1.50. The van der Waals surface area contributed by atoms with E-state index in [2.05, 4.69) is 0 Å². The lowest BCUT2D eigenvalue weighted by Crippen LogP contribution is -2.52. The largest absolute Gasteiger partial charge is 0.476 e. The van der Waals surface area contributed by atoms with Gasteiger partial charge in [0.25, 0.3) is 11.8 Å². The molecule has 0 N–H and O–H groups in total. The van der Waals surface area contributed by atoms with Gasteiger partial charge in [-0.15, -0.1) is 0 Å². The minimum absolute atomic E-state index is 0.0525. The van der Waals surface area contributed by atoms with Gasteiger partial charge in [-0.05, 0) is 44.4 Å². The van der Waals surface area contributed by atoms with Crippen LogP contribution in [0.25, 0.3) is 11.0 Å². The molecule has 2 aliphatic heterocycles. The second-order valence-corrected chi connectivity index (χ2v) is 7.93. The highest BCUT2D eigenvalue weighted by Crippen LogP contribution is 2.36. The van der Waals surface area contributed by atoms with Crippen LogP contribution in [0.5, 0.6) is 5.75 Å². The highest BCUT2D eigenvalue weighted by atomic mass is 16.5. The van der Waals surface area contributed by atoms with Gasteiger partial charge in [-0.1, -0.05) is 30.3 Å². The van der Waals surface area contributed by atoms with Gasteiger partial charge < -0.3 is 14.1 Å². The van der Waals surface area contributed by atoms with Crippen molar-refractivity contribution in [2.75, 3.05) is 24.5 Å². The molecule has 2 aliphatic rings. The van der Waals surface area contributed by atoms with Crippen molar-refractivity contribution in [1.29, 1.82) is 0 Å². The van der Waals surface area contributed by atoms with Crippen LogP contribution in [0.15, 0.2) is 52.9 Å². The lowest BCUT2D eigenvalue weighted by atomic mass is 10.1. The van der Waals surface area contributed by atoms with Gasteiger partial charge in [-0.25, -0.2) is 0 Å². The molecule has 154 valence electrons. The van der Waals surface area contributed by atoms with Crippen LogP contribution in [-0.4, -0.2) is 42.5 Å². The summed E-state index contributed by atoms with van der Waals surface area (Å²) in [6.07, 6.45) is 2.45. The van der Waals surface area contributed by atoms with E-state index in [0.29, 0.717) is 22.8 Å². The molecular formula is C24H24N2O4. The van der Waals surface area contributed by atoms with Crippen LogP contribution in [0.1, 0.15) is 35.4 Å². The maximum absolute atomic E-state index is 13.5. The second-order valence-electron chi connectivity index (χ2n) is 7.93. The molecule has 5 rings (SSSR count). The lowest BCUT2D eigenvalue weighted by molar-refractivity contribution is -0.139. The molecule has 1 aromatic heterocycles. The molecular weight excluding hydrogens is 380 g/mol. The summed E-state index contributed by atoms with van der Waals surface area (Å²) in [6, 6.07) is 15.0. The Labute approximate surface area is 175 Å². The summed E-state index contributed by atoms with van der Waals surface area (Å²) >= 11 is 0. The maximum Gasteiger partial charge on any atom is 0.294 e. The Hall–Kier alpha value is -3.28. The van der Waals surface area contributed by atoms with Crippen molar-refractivity contribution in [3.05, 3.63) is 59.9 Å². The van der Waals surface area contributed by atoms with E-state index in [0.717, 1.165) is 43.3 Å². The van der Waals surface area contributed by atoms with E-state index >= 15 is 0 Å². The van der Waals surface area contributed by atoms with Crippen molar-refractivity contribution in [2.45, 2.75) is 32.3 Å². The first kappa shape index (κ1) is 18.7. The summed E-state index contributed by atoms with van der Waals surface area (Å²) in [5.41, 5.74) is 2.14. The van der Waals surface area contributed by atoms with Crippen LogP contribution in [0.3, 0.4) is 0 Å². The Morgan fingerprint density at radius 1 is 0.967 bits per heavy atom. The molecule has 0 saturated carbocycles. The molecule has 0 aliphatic carbocycles. The van der Waals surface area contributed by atoms with Gasteiger partial charge in [0.1, 0.15) is 11.3 Å². The lowest BCUT2D eigenvalue weighted by Gasteiger charge is -2.37. The number of rotatable bonds is 2. The first-order chi connectivity index (χ1) is 14.6. The third-order valence-electron chi connectivity index (χ3n) is 6.00. The number of fused-ring (bicyclic) bond motifs is 2. The molecule has 2 amide bonds. The van der Waals surface area contributed by atoms with E-state index in [1.54, 1.807) is 11.0 Å². The molecule has 3 aromatic rings. The Kier molecular flexibility index (Phi) is 4.69. The number of para-hydroxylation sites is 3. The fourth-order valence-electron chi connectivity index (χ4n) is 4.37. The van der Waals surface area contributed by atoms with Crippen LogP contribution in [0.2, 0.25) is 0 Å². The van der Waals surface area contributed by atoms with Gasteiger partial charge in [0, 0.05) is 24.0 Å². The molecule has 6 nitrogen and oxygen atoms in total. The van der Waals surface area contributed by atoms with Crippen LogP contribution in [0.4, 0.5) is 5.69 Å². The predicted molar refractivity (Wildman–Crippen MR) is 114 cm³/mol. The molecule has 0 radical (unpaired) electrons. The van der Waals surface area contributed by atoms with Gasteiger partial charge in [0.05, 0.1) is 12.2 Å². The van der Waals surface area contributed by atoms with E-state index in [4.69, 9.17) is 9.15 Å². The third-order valence-corrected chi connectivity index (χ3v) is 6.00. The van der Waals surface area contributed by atoms with E-state index in [-0.39, 0.29) is 18.4 Å². The number of carbonyl (C=O) groups is 2. The van der Waals surface area contributed by atoms with Crippen molar-refractivity contribution >= 4 is 28.5 Å². The summed E-state index contributed by atoms with van der Waals surface area (Å²) in [5, 5.41) is 0.920. The van der Waals surface area contributed by atoms with Crippen LogP contribution in [-0.2, 0) is 4.79 Å². The molecule has 1 saturated heterocycles. The summed E-state index contributed by atoms with van der Waals surface area (Å²) in [5.74, 6) is 0.539. The first-order valence-corrected chi connectivity index (χ1v) is 10.5. The Morgan fingerprint density at radius 3 is 2.50 bits per heavy atom. The molecule has 3 heterocycles. The van der Waals surface area contributed by atoms with Gasteiger partial charge in [0.15, 0.2) is 11.9 Å². The Bertz CT molecular complexity index is 1110. The number of hydrogen-bond donors (Lipinski definition) is 0. The number of anilines is 1. The molecule has 6 heteroatoms. The maximum atomic E-state index is 13.5. The van der Waals surface area contributed by atoms with Gasteiger partial charge >= 0.3 is 0 Å². The predicted octanol–water partition coefficient (Wildman–Crippen LogP) is 4.16. The Morgan fingerprint density at radius 2 is 1.70 bits per heavy atom. The van der Waals surface area contributed by atoms with Crippen molar-refractivity contribution in [3.63, 3.8) is 0 Å². The zero-order valence-electron chi connectivity index (χ0n) is 17.0. The quantitative estimate of drug-likeness (QED) is 0.643. The number of furan rings is 1. The molecule has 30 heavy (non-hydrogen) atoms. The number of amides is 2. The minimum atomic E-state index is -0.716. The van der Waals surface area contributed by atoms with E-state index < -0.39 is 6.10 Å². The number of benzene rings is 2. The SMILES string of the molecule is Cc1c(C(=O)N2C[C@H](C(=O)N3CCCCC3)Oc3ccccc32)oc2ccccc12. The zero-order valence-corrected chi connectivity index (χ0v) is 17.0. The van der Waals surface area contributed by atoms with Crippen molar-refractivity contribution in [3.8, 4) is 5.75 Å².